The average molecular weight is 355 g/mol. The fraction of sp³-hybridized carbons (Fsp3) is 0.400. The first-order valence-corrected chi connectivity index (χ1v) is 8.75. The number of benzene rings is 2. The van der Waals surface area contributed by atoms with Crippen LogP contribution in [-0.2, 0) is 5.41 Å². The van der Waals surface area contributed by atoms with Crippen molar-refractivity contribution in [1.29, 1.82) is 0 Å². The van der Waals surface area contributed by atoms with Crippen molar-refractivity contribution in [2.45, 2.75) is 39.5 Å². The van der Waals surface area contributed by atoms with Gasteiger partial charge in [0, 0.05) is 24.7 Å². The monoisotopic (exact) mass is 355 g/mol. The Bertz CT molecular complexity index is 926. The average Bonchev–Trinajstić information content (AvgIpc) is 2.98. The molecule has 2 N–H and O–H groups in total. The quantitative estimate of drug-likeness (QED) is 0.685. The Morgan fingerprint density at radius 1 is 1.08 bits per heavy atom. The summed E-state index contributed by atoms with van der Waals surface area (Å²) in [5, 5.41) is 28.8. The van der Waals surface area contributed by atoms with Crippen LogP contribution in [-0.4, -0.2) is 38.4 Å². The molecule has 1 aromatic heterocycles. The largest absolute Gasteiger partial charge is 0.505 e. The van der Waals surface area contributed by atoms with Crippen LogP contribution in [0.15, 0.2) is 30.3 Å². The molecule has 0 radical (unpaired) electrons. The van der Waals surface area contributed by atoms with Crippen molar-refractivity contribution in [3.05, 3.63) is 41.5 Å². The Kier molecular flexibility index (Phi) is 4.87. The molecule has 0 aliphatic heterocycles. The van der Waals surface area contributed by atoms with Crippen LogP contribution in [0.3, 0.4) is 0 Å². The van der Waals surface area contributed by atoms with Gasteiger partial charge in [0.15, 0.2) is 0 Å². The van der Waals surface area contributed by atoms with Crippen molar-refractivity contribution in [3.8, 4) is 17.2 Å². The molecule has 1 heterocycles. The molecular weight excluding hydrogens is 330 g/mol. The Labute approximate surface area is 153 Å². The van der Waals surface area contributed by atoms with Gasteiger partial charge in [0.25, 0.3) is 0 Å². The molecule has 0 aliphatic rings. The van der Waals surface area contributed by atoms with Crippen LogP contribution in [0.5, 0.6) is 11.5 Å². The van der Waals surface area contributed by atoms with Gasteiger partial charge in [-0.2, -0.15) is 0 Å². The third-order valence-corrected chi connectivity index (χ3v) is 4.19. The SMILES string of the molecule is Cc1ccc2nn(-c3cc(OCCCO)cc(C(C)(C)C)c3O)nc2c1. The Hall–Kier alpha value is -2.60. The van der Waals surface area contributed by atoms with E-state index in [1.807, 2.05) is 52.0 Å². The van der Waals surface area contributed by atoms with Gasteiger partial charge >= 0.3 is 0 Å². The third-order valence-electron chi connectivity index (χ3n) is 4.19. The molecule has 0 spiro atoms. The number of aromatic nitrogens is 3. The van der Waals surface area contributed by atoms with Gasteiger partial charge in [0.1, 0.15) is 28.2 Å². The first-order valence-electron chi connectivity index (χ1n) is 8.75. The van der Waals surface area contributed by atoms with Crippen LogP contribution in [0.2, 0.25) is 0 Å². The number of ether oxygens (including phenoxy) is 1. The molecule has 0 amide bonds. The molecule has 26 heavy (non-hydrogen) atoms. The summed E-state index contributed by atoms with van der Waals surface area (Å²) in [6.07, 6.45) is 0.546. The molecule has 0 saturated carbocycles. The maximum Gasteiger partial charge on any atom is 0.147 e. The van der Waals surface area contributed by atoms with Crippen LogP contribution in [0.1, 0.15) is 38.3 Å². The van der Waals surface area contributed by atoms with Crippen LogP contribution in [0.25, 0.3) is 16.7 Å². The summed E-state index contributed by atoms with van der Waals surface area (Å²) in [5.74, 6) is 0.762. The molecule has 6 heteroatoms. The van der Waals surface area contributed by atoms with Gasteiger partial charge in [0.05, 0.1) is 6.61 Å². The van der Waals surface area contributed by atoms with Gasteiger partial charge in [-0.25, -0.2) is 0 Å². The molecule has 0 bridgehead atoms. The predicted octanol–water partition coefficient (Wildman–Crippen LogP) is 3.49. The van der Waals surface area contributed by atoms with Crippen LogP contribution < -0.4 is 4.74 Å². The second-order valence-corrected chi connectivity index (χ2v) is 7.50. The highest BCUT2D eigenvalue weighted by molar-refractivity contribution is 5.75. The normalized spacial score (nSPS) is 11.9. The second-order valence-electron chi connectivity index (χ2n) is 7.50. The predicted molar refractivity (Wildman–Crippen MR) is 101 cm³/mol. The number of phenolic OH excluding ortho intramolecular Hbond substituents is 1. The van der Waals surface area contributed by atoms with E-state index in [0.29, 0.717) is 24.5 Å². The highest BCUT2D eigenvalue weighted by Gasteiger charge is 2.23. The van der Waals surface area contributed by atoms with E-state index < -0.39 is 0 Å². The van der Waals surface area contributed by atoms with Crippen molar-refractivity contribution in [2.75, 3.05) is 13.2 Å². The standard InChI is InChI=1S/C20H25N3O3/c1-13-6-7-16-17(10-13)22-23(21-16)18-12-14(26-9-5-8-24)11-15(19(18)25)20(2,3)4/h6-7,10-12,24-25H,5,8-9H2,1-4H3. The van der Waals surface area contributed by atoms with Gasteiger partial charge in [-0.1, -0.05) is 26.8 Å². The summed E-state index contributed by atoms with van der Waals surface area (Å²) in [5.41, 5.74) is 3.59. The summed E-state index contributed by atoms with van der Waals surface area (Å²) in [4.78, 5) is 1.45. The topological polar surface area (TPSA) is 80.4 Å². The lowest BCUT2D eigenvalue weighted by atomic mass is 9.86. The zero-order chi connectivity index (χ0) is 18.9. The second kappa shape index (κ2) is 6.96. The molecule has 3 rings (SSSR count). The van der Waals surface area contributed by atoms with Crippen molar-refractivity contribution >= 4 is 11.0 Å². The maximum absolute atomic E-state index is 10.9. The summed E-state index contributed by atoms with van der Waals surface area (Å²) in [7, 11) is 0. The highest BCUT2D eigenvalue weighted by Crippen LogP contribution is 2.38. The number of phenols is 1. The molecule has 138 valence electrons. The van der Waals surface area contributed by atoms with Gasteiger partial charge < -0.3 is 14.9 Å². The summed E-state index contributed by atoms with van der Waals surface area (Å²) in [6.45, 7) is 8.56. The third kappa shape index (κ3) is 3.65. The fourth-order valence-electron chi connectivity index (χ4n) is 2.79. The molecule has 0 saturated heterocycles. The number of aryl methyl sites for hydroxylation is 1. The first-order chi connectivity index (χ1) is 12.3. The minimum Gasteiger partial charge on any atom is -0.505 e. The van der Waals surface area contributed by atoms with E-state index in [1.165, 1.54) is 4.80 Å². The van der Waals surface area contributed by atoms with Crippen molar-refractivity contribution in [3.63, 3.8) is 0 Å². The number of fused-ring (bicyclic) bond motifs is 1. The van der Waals surface area contributed by atoms with E-state index in [4.69, 9.17) is 9.84 Å². The van der Waals surface area contributed by atoms with Crippen molar-refractivity contribution < 1.29 is 14.9 Å². The smallest absolute Gasteiger partial charge is 0.147 e. The molecule has 0 fully saturated rings. The number of hydrogen-bond acceptors (Lipinski definition) is 5. The molecule has 0 unspecified atom stereocenters. The van der Waals surface area contributed by atoms with Gasteiger partial charge in [-0.15, -0.1) is 15.0 Å². The Morgan fingerprint density at radius 2 is 1.81 bits per heavy atom. The maximum atomic E-state index is 10.9. The van der Waals surface area contributed by atoms with E-state index in [1.54, 1.807) is 6.07 Å². The number of aliphatic hydroxyl groups is 1. The van der Waals surface area contributed by atoms with E-state index in [2.05, 4.69) is 10.2 Å². The van der Waals surface area contributed by atoms with E-state index in [-0.39, 0.29) is 17.8 Å². The summed E-state index contributed by atoms with van der Waals surface area (Å²) in [6, 6.07) is 9.42. The van der Waals surface area contributed by atoms with Crippen LogP contribution in [0.4, 0.5) is 0 Å². The van der Waals surface area contributed by atoms with Gasteiger partial charge in [0.2, 0.25) is 0 Å². The summed E-state index contributed by atoms with van der Waals surface area (Å²) < 4.78 is 5.75. The molecule has 2 aromatic carbocycles. The van der Waals surface area contributed by atoms with E-state index >= 15 is 0 Å². The number of rotatable bonds is 5. The zero-order valence-corrected chi connectivity index (χ0v) is 15.7. The Balaban J connectivity index is 2.12. The highest BCUT2D eigenvalue weighted by atomic mass is 16.5. The minimum absolute atomic E-state index is 0.0719. The van der Waals surface area contributed by atoms with Gasteiger partial charge in [-0.3, -0.25) is 0 Å². The van der Waals surface area contributed by atoms with E-state index in [9.17, 15) is 5.11 Å². The number of aromatic hydroxyl groups is 1. The van der Waals surface area contributed by atoms with Crippen molar-refractivity contribution in [1.82, 2.24) is 15.0 Å². The lowest BCUT2D eigenvalue weighted by Gasteiger charge is -2.23. The Morgan fingerprint density at radius 3 is 2.50 bits per heavy atom. The number of nitrogens with zero attached hydrogens (tertiary/aromatic N) is 3. The molecule has 0 atom stereocenters. The molecule has 0 aliphatic carbocycles. The van der Waals surface area contributed by atoms with Crippen LogP contribution >= 0.6 is 0 Å². The fourth-order valence-corrected chi connectivity index (χ4v) is 2.79. The number of aliphatic hydroxyl groups excluding tert-OH is 1. The lowest BCUT2D eigenvalue weighted by Crippen LogP contribution is -2.14. The molecular formula is C20H25N3O3. The molecule has 3 aromatic rings. The summed E-state index contributed by atoms with van der Waals surface area (Å²) >= 11 is 0. The van der Waals surface area contributed by atoms with E-state index in [0.717, 1.165) is 22.2 Å². The molecule has 6 nitrogen and oxygen atoms in total. The van der Waals surface area contributed by atoms with Gasteiger partial charge in [-0.05, 0) is 36.1 Å². The zero-order valence-electron chi connectivity index (χ0n) is 15.7. The lowest BCUT2D eigenvalue weighted by molar-refractivity contribution is 0.233. The number of hydrogen-bond donors (Lipinski definition) is 2. The van der Waals surface area contributed by atoms with Crippen LogP contribution in [0, 0.1) is 6.92 Å². The first kappa shape index (κ1) is 18.2. The minimum atomic E-state index is -0.279. The van der Waals surface area contributed by atoms with Crippen molar-refractivity contribution in [2.24, 2.45) is 0 Å².